The van der Waals surface area contributed by atoms with Crippen molar-refractivity contribution < 1.29 is 0 Å². The highest BCUT2D eigenvalue weighted by atomic mass is 15.1. The SMILES string of the molecule is Cc1ccccc1-c1nc2c(C)cccc2cc1CNc1nc(N)nc2nc[nH]c12. The number of benzene rings is 2. The average Bonchev–Trinajstić information content (AvgIpc) is 3.21. The monoisotopic (exact) mass is 395 g/mol. The second-order valence-corrected chi connectivity index (χ2v) is 7.34. The summed E-state index contributed by atoms with van der Waals surface area (Å²) >= 11 is 0. The van der Waals surface area contributed by atoms with Gasteiger partial charge in [0, 0.05) is 17.5 Å². The zero-order valence-corrected chi connectivity index (χ0v) is 16.8. The van der Waals surface area contributed by atoms with Crippen LogP contribution in [0.2, 0.25) is 0 Å². The van der Waals surface area contributed by atoms with E-state index in [1.165, 1.54) is 5.56 Å². The van der Waals surface area contributed by atoms with E-state index >= 15 is 0 Å². The number of fused-ring (bicyclic) bond motifs is 2. The predicted octanol–water partition coefficient (Wildman–Crippen LogP) is 4.38. The highest BCUT2D eigenvalue weighted by Gasteiger charge is 2.14. The molecule has 0 aliphatic rings. The Bertz CT molecular complexity index is 1390. The van der Waals surface area contributed by atoms with Crippen molar-refractivity contribution in [1.29, 1.82) is 0 Å². The highest BCUT2D eigenvalue weighted by Crippen LogP contribution is 2.30. The molecule has 0 unspecified atom stereocenters. The van der Waals surface area contributed by atoms with E-state index in [9.17, 15) is 0 Å². The summed E-state index contributed by atoms with van der Waals surface area (Å²) in [6.45, 7) is 4.73. The van der Waals surface area contributed by atoms with Crippen LogP contribution in [0.4, 0.5) is 11.8 Å². The first-order chi connectivity index (χ1) is 14.6. The van der Waals surface area contributed by atoms with E-state index in [-0.39, 0.29) is 5.95 Å². The molecular formula is C23H21N7. The summed E-state index contributed by atoms with van der Waals surface area (Å²) < 4.78 is 0. The van der Waals surface area contributed by atoms with Crippen LogP contribution in [-0.4, -0.2) is 24.9 Å². The van der Waals surface area contributed by atoms with Gasteiger partial charge >= 0.3 is 0 Å². The van der Waals surface area contributed by atoms with Crippen LogP contribution in [0.1, 0.15) is 16.7 Å². The second-order valence-electron chi connectivity index (χ2n) is 7.34. The molecular weight excluding hydrogens is 374 g/mol. The van der Waals surface area contributed by atoms with Gasteiger partial charge in [-0.3, -0.25) is 0 Å². The minimum atomic E-state index is 0.184. The van der Waals surface area contributed by atoms with Crippen molar-refractivity contribution in [3.63, 3.8) is 0 Å². The fourth-order valence-corrected chi connectivity index (χ4v) is 3.75. The Morgan fingerprint density at radius 2 is 1.80 bits per heavy atom. The molecule has 5 rings (SSSR count). The number of nitrogens with two attached hydrogens (primary N) is 1. The topological polar surface area (TPSA) is 105 Å². The van der Waals surface area contributed by atoms with Gasteiger partial charge in [0.2, 0.25) is 5.95 Å². The molecule has 0 aliphatic carbocycles. The summed E-state index contributed by atoms with van der Waals surface area (Å²) in [5, 5.41) is 4.51. The minimum absolute atomic E-state index is 0.184. The number of para-hydroxylation sites is 1. The van der Waals surface area contributed by atoms with Gasteiger partial charge in [0.05, 0.1) is 17.5 Å². The summed E-state index contributed by atoms with van der Waals surface area (Å²) in [7, 11) is 0. The number of anilines is 2. The van der Waals surface area contributed by atoms with Crippen molar-refractivity contribution in [3.8, 4) is 11.3 Å². The molecule has 0 radical (unpaired) electrons. The van der Waals surface area contributed by atoms with E-state index in [2.05, 4.69) is 75.5 Å². The molecule has 7 heteroatoms. The number of hydrogen-bond donors (Lipinski definition) is 3. The first kappa shape index (κ1) is 18.1. The van der Waals surface area contributed by atoms with Crippen LogP contribution in [0, 0.1) is 13.8 Å². The summed E-state index contributed by atoms with van der Waals surface area (Å²) in [6, 6.07) is 16.7. The normalized spacial score (nSPS) is 11.3. The fraction of sp³-hybridized carbons (Fsp3) is 0.130. The number of pyridine rings is 1. The molecule has 0 saturated carbocycles. The summed E-state index contributed by atoms with van der Waals surface area (Å²) in [4.78, 5) is 20.8. The average molecular weight is 395 g/mol. The lowest BCUT2D eigenvalue weighted by Crippen LogP contribution is -2.07. The number of rotatable bonds is 4. The quantitative estimate of drug-likeness (QED) is 0.417. The van der Waals surface area contributed by atoms with Crippen molar-refractivity contribution in [3.05, 3.63) is 71.5 Å². The van der Waals surface area contributed by atoms with Gasteiger partial charge in [-0.1, -0.05) is 42.5 Å². The van der Waals surface area contributed by atoms with E-state index in [0.717, 1.165) is 38.8 Å². The largest absolute Gasteiger partial charge is 0.368 e. The van der Waals surface area contributed by atoms with Crippen molar-refractivity contribution >= 4 is 33.8 Å². The predicted molar refractivity (Wildman–Crippen MR) is 120 cm³/mol. The van der Waals surface area contributed by atoms with Gasteiger partial charge in [0.1, 0.15) is 5.52 Å². The standard InChI is InChI=1S/C23H21N7/c1-13-6-3-4-9-17(13)19-16(10-15-8-5-7-14(2)18(15)28-19)11-25-21-20-22(27-12-26-20)30-23(24)29-21/h3-10,12H,11H2,1-2H3,(H4,24,25,26,27,29,30). The summed E-state index contributed by atoms with van der Waals surface area (Å²) in [5.41, 5.74) is 13.6. The molecule has 148 valence electrons. The molecule has 30 heavy (non-hydrogen) atoms. The number of nitrogen functional groups attached to an aromatic ring is 1. The maximum absolute atomic E-state index is 5.86. The number of imidazole rings is 1. The van der Waals surface area contributed by atoms with E-state index in [0.29, 0.717) is 18.0 Å². The lowest BCUT2D eigenvalue weighted by Gasteiger charge is -2.15. The van der Waals surface area contributed by atoms with Gasteiger partial charge in [-0.2, -0.15) is 9.97 Å². The van der Waals surface area contributed by atoms with Crippen LogP contribution in [0.5, 0.6) is 0 Å². The number of aryl methyl sites for hydroxylation is 2. The first-order valence-electron chi connectivity index (χ1n) is 9.76. The minimum Gasteiger partial charge on any atom is -0.368 e. The van der Waals surface area contributed by atoms with Gasteiger partial charge in [0.15, 0.2) is 11.5 Å². The molecule has 5 aromatic rings. The molecule has 0 bridgehead atoms. The zero-order valence-electron chi connectivity index (χ0n) is 16.8. The van der Waals surface area contributed by atoms with Crippen molar-refractivity contribution in [2.75, 3.05) is 11.1 Å². The Balaban J connectivity index is 1.63. The molecule has 7 nitrogen and oxygen atoms in total. The molecule has 0 amide bonds. The number of H-pyrrole nitrogens is 1. The molecule has 0 saturated heterocycles. The van der Waals surface area contributed by atoms with E-state index in [1.54, 1.807) is 6.33 Å². The third kappa shape index (κ3) is 3.10. The molecule has 0 atom stereocenters. The maximum Gasteiger partial charge on any atom is 0.224 e. The molecule has 0 spiro atoms. The van der Waals surface area contributed by atoms with Crippen LogP contribution in [-0.2, 0) is 6.54 Å². The Labute approximate surface area is 173 Å². The molecule has 0 fully saturated rings. The second kappa shape index (κ2) is 7.11. The Hall–Kier alpha value is -4.00. The van der Waals surface area contributed by atoms with Crippen molar-refractivity contribution in [1.82, 2.24) is 24.9 Å². The van der Waals surface area contributed by atoms with Gasteiger partial charge < -0.3 is 16.0 Å². The van der Waals surface area contributed by atoms with Crippen LogP contribution in [0.25, 0.3) is 33.3 Å². The van der Waals surface area contributed by atoms with Crippen LogP contribution in [0.15, 0.2) is 54.9 Å². The number of aromatic nitrogens is 5. The van der Waals surface area contributed by atoms with Crippen LogP contribution in [0.3, 0.4) is 0 Å². The summed E-state index contributed by atoms with van der Waals surface area (Å²) in [6.07, 6.45) is 1.59. The van der Waals surface area contributed by atoms with Gasteiger partial charge in [-0.25, -0.2) is 9.97 Å². The Kier molecular flexibility index (Phi) is 4.28. The van der Waals surface area contributed by atoms with Crippen molar-refractivity contribution in [2.45, 2.75) is 20.4 Å². The van der Waals surface area contributed by atoms with Crippen LogP contribution < -0.4 is 11.1 Å². The van der Waals surface area contributed by atoms with E-state index in [1.807, 2.05) is 12.1 Å². The molecule has 3 heterocycles. The zero-order chi connectivity index (χ0) is 20.7. The molecule has 3 aromatic heterocycles. The van der Waals surface area contributed by atoms with Gasteiger partial charge in [0.25, 0.3) is 0 Å². The van der Waals surface area contributed by atoms with E-state index < -0.39 is 0 Å². The van der Waals surface area contributed by atoms with Gasteiger partial charge in [-0.15, -0.1) is 0 Å². The third-order valence-corrected chi connectivity index (χ3v) is 5.28. The first-order valence-corrected chi connectivity index (χ1v) is 9.76. The molecule has 2 aromatic carbocycles. The Morgan fingerprint density at radius 3 is 2.67 bits per heavy atom. The van der Waals surface area contributed by atoms with Gasteiger partial charge in [-0.05, 0) is 36.6 Å². The fourth-order valence-electron chi connectivity index (χ4n) is 3.75. The lowest BCUT2D eigenvalue weighted by atomic mass is 9.98. The van der Waals surface area contributed by atoms with Crippen LogP contribution >= 0.6 is 0 Å². The van der Waals surface area contributed by atoms with E-state index in [4.69, 9.17) is 10.7 Å². The summed E-state index contributed by atoms with van der Waals surface area (Å²) in [5.74, 6) is 0.804. The molecule has 0 aliphatic heterocycles. The number of aromatic amines is 1. The Morgan fingerprint density at radius 1 is 0.967 bits per heavy atom. The third-order valence-electron chi connectivity index (χ3n) is 5.28. The lowest BCUT2D eigenvalue weighted by molar-refractivity contribution is 1.09. The number of nitrogens with zero attached hydrogens (tertiary/aromatic N) is 4. The highest BCUT2D eigenvalue weighted by molar-refractivity contribution is 5.87. The number of hydrogen-bond acceptors (Lipinski definition) is 6. The van der Waals surface area contributed by atoms with Crippen molar-refractivity contribution in [2.24, 2.45) is 0 Å². The number of nitrogens with one attached hydrogen (secondary N) is 2. The molecule has 4 N–H and O–H groups in total. The smallest absolute Gasteiger partial charge is 0.224 e. The maximum atomic E-state index is 5.86.